The Morgan fingerprint density at radius 1 is 0.744 bits per heavy atom. The summed E-state index contributed by atoms with van der Waals surface area (Å²) in [7, 11) is 0. The molecule has 1 N–H and O–H groups in total. The van der Waals surface area contributed by atoms with Gasteiger partial charge in [0.1, 0.15) is 6.04 Å². The highest BCUT2D eigenvalue weighted by atomic mass is 79.9. The van der Waals surface area contributed by atoms with Gasteiger partial charge in [-0.05, 0) is 30.3 Å². The average molecular weight is 605 g/mol. The molecule has 0 bridgehead atoms. The Labute approximate surface area is 239 Å². The summed E-state index contributed by atoms with van der Waals surface area (Å²) >= 11 is 9.51. The van der Waals surface area contributed by atoms with Crippen molar-refractivity contribution < 1.29 is 23.9 Å². The zero-order valence-corrected chi connectivity index (χ0v) is 22.9. The van der Waals surface area contributed by atoms with Crippen molar-refractivity contribution in [1.29, 1.82) is 0 Å². The molecule has 39 heavy (non-hydrogen) atoms. The second kappa shape index (κ2) is 13.1. The maximum absolute atomic E-state index is 13.3. The predicted octanol–water partition coefficient (Wildman–Crippen LogP) is 6.81. The van der Waals surface area contributed by atoms with E-state index >= 15 is 0 Å². The molecule has 0 amide bonds. The standard InChI is InChI=1S/C31H23BrClNO5/c32-23-13-11-21(12-14-23)29(36)19-39-31(38)27(18-28(35)20-7-3-1-4-8-20)34-26-16-15-24(33)17-25(26)30(37)22-9-5-2-6-10-22/h1-17,27,34H,18-19H2/t27-/m1/s1. The number of anilines is 1. The van der Waals surface area contributed by atoms with E-state index in [0.717, 1.165) is 4.47 Å². The van der Waals surface area contributed by atoms with E-state index in [1.54, 1.807) is 97.1 Å². The van der Waals surface area contributed by atoms with Gasteiger partial charge in [-0.2, -0.15) is 0 Å². The Morgan fingerprint density at radius 2 is 1.33 bits per heavy atom. The summed E-state index contributed by atoms with van der Waals surface area (Å²) in [4.78, 5) is 52.1. The first-order chi connectivity index (χ1) is 18.8. The quantitative estimate of drug-likeness (QED) is 0.149. The molecule has 0 saturated heterocycles. The van der Waals surface area contributed by atoms with E-state index in [4.69, 9.17) is 16.3 Å². The highest BCUT2D eigenvalue weighted by Gasteiger charge is 2.27. The highest BCUT2D eigenvalue weighted by molar-refractivity contribution is 9.10. The van der Waals surface area contributed by atoms with Crippen LogP contribution in [0.3, 0.4) is 0 Å². The molecule has 1 atom stereocenters. The van der Waals surface area contributed by atoms with Crippen LogP contribution >= 0.6 is 27.5 Å². The second-order valence-corrected chi connectivity index (χ2v) is 9.97. The molecule has 4 aromatic carbocycles. The molecule has 0 aliphatic rings. The summed E-state index contributed by atoms with van der Waals surface area (Å²) in [5.74, 6) is -1.82. The van der Waals surface area contributed by atoms with E-state index in [2.05, 4.69) is 21.2 Å². The number of ketones is 3. The monoisotopic (exact) mass is 603 g/mol. The van der Waals surface area contributed by atoms with Crippen LogP contribution in [0, 0.1) is 0 Å². The SMILES string of the molecule is O=C(COC(=O)[C@@H](CC(=O)c1ccccc1)Nc1ccc(Cl)cc1C(=O)c1ccccc1)c1ccc(Br)cc1. The van der Waals surface area contributed by atoms with Crippen LogP contribution in [0.2, 0.25) is 5.02 Å². The van der Waals surface area contributed by atoms with E-state index in [9.17, 15) is 19.2 Å². The lowest BCUT2D eigenvalue weighted by Crippen LogP contribution is -2.35. The maximum Gasteiger partial charge on any atom is 0.329 e. The van der Waals surface area contributed by atoms with E-state index < -0.39 is 24.4 Å². The largest absolute Gasteiger partial charge is 0.456 e. The van der Waals surface area contributed by atoms with Crippen molar-refractivity contribution in [3.05, 3.63) is 135 Å². The van der Waals surface area contributed by atoms with Gasteiger partial charge >= 0.3 is 5.97 Å². The van der Waals surface area contributed by atoms with E-state index in [0.29, 0.717) is 27.4 Å². The first kappa shape index (κ1) is 28.0. The van der Waals surface area contributed by atoms with Gasteiger partial charge in [-0.3, -0.25) is 14.4 Å². The lowest BCUT2D eigenvalue weighted by molar-refractivity contribution is -0.143. The lowest BCUT2D eigenvalue weighted by atomic mass is 9.99. The average Bonchev–Trinajstić information content (AvgIpc) is 2.97. The number of halogens is 2. The molecule has 6 nitrogen and oxygen atoms in total. The molecule has 0 aliphatic carbocycles. The summed E-state index contributed by atoms with van der Waals surface area (Å²) in [6.45, 7) is -0.505. The third kappa shape index (κ3) is 7.50. The molecule has 0 aromatic heterocycles. The summed E-state index contributed by atoms with van der Waals surface area (Å²) in [5, 5.41) is 3.34. The van der Waals surface area contributed by atoms with Gasteiger partial charge in [0, 0.05) is 43.9 Å². The molecular weight excluding hydrogens is 582 g/mol. The first-order valence-corrected chi connectivity index (χ1v) is 13.2. The van der Waals surface area contributed by atoms with E-state index in [1.165, 1.54) is 6.07 Å². The Hall–Kier alpha value is -4.07. The predicted molar refractivity (Wildman–Crippen MR) is 154 cm³/mol. The van der Waals surface area contributed by atoms with Crippen molar-refractivity contribution >= 4 is 56.5 Å². The number of carbonyl (C=O) groups excluding carboxylic acids is 4. The van der Waals surface area contributed by atoms with Crippen molar-refractivity contribution in [3.63, 3.8) is 0 Å². The number of ether oxygens (including phenoxy) is 1. The summed E-state index contributed by atoms with van der Waals surface area (Å²) in [5.41, 5.74) is 1.76. The van der Waals surface area contributed by atoms with Gasteiger partial charge in [0.05, 0.1) is 0 Å². The van der Waals surface area contributed by atoms with Crippen LogP contribution in [-0.2, 0) is 9.53 Å². The molecule has 4 aromatic rings. The smallest absolute Gasteiger partial charge is 0.329 e. The number of benzene rings is 4. The fourth-order valence-corrected chi connectivity index (χ4v) is 4.28. The summed E-state index contributed by atoms with van der Waals surface area (Å²) in [6, 6.07) is 27.3. The minimum atomic E-state index is -1.18. The topological polar surface area (TPSA) is 89.5 Å². The first-order valence-electron chi connectivity index (χ1n) is 12.0. The number of Topliss-reactive ketones (excluding diaryl/α,β-unsaturated/α-hetero) is 2. The van der Waals surface area contributed by atoms with Crippen LogP contribution < -0.4 is 5.32 Å². The number of carbonyl (C=O) groups is 4. The third-order valence-electron chi connectivity index (χ3n) is 5.87. The molecule has 0 spiro atoms. The molecule has 0 aliphatic heterocycles. The van der Waals surface area contributed by atoms with Gasteiger partial charge < -0.3 is 10.1 Å². The van der Waals surface area contributed by atoms with Gasteiger partial charge in [-0.25, -0.2) is 4.79 Å². The minimum absolute atomic E-state index is 0.226. The zero-order valence-electron chi connectivity index (χ0n) is 20.6. The Morgan fingerprint density at radius 3 is 1.97 bits per heavy atom. The van der Waals surface area contributed by atoms with Crippen molar-refractivity contribution in [1.82, 2.24) is 0 Å². The highest BCUT2D eigenvalue weighted by Crippen LogP contribution is 2.25. The fraction of sp³-hybridized carbons (Fsp3) is 0.0968. The lowest BCUT2D eigenvalue weighted by Gasteiger charge is -2.20. The van der Waals surface area contributed by atoms with Gasteiger partial charge in [0.2, 0.25) is 0 Å². The van der Waals surface area contributed by atoms with Gasteiger partial charge in [-0.15, -0.1) is 0 Å². The Kier molecular flexibility index (Phi) is 9.41. The maximum atomic E-state index is 13.3. The van der Waals surface area contributed by atoms with Crippen LogP contribution in [0.15, 0.2) is 108 Å². The minimum Gasteiger partial charge on any atom is -0.456 e. The molecule has 0 radical (unpaired) electrons. The van der Waals surface area contributed by atoms with Crippen molar-refractivity contribution in [2.24, 2.45) is 0 Å². The van der Waals surface area contributed by atoms with Gasteiger partial charge in [0.25, 0.3) is 0 Å². The van der Waals surface area contributed by atoms with Crippen LogP contribution in [0.25, 0.3) is 0 Å². The summed E-state index contributed by atoms with van der Waals surface area (Å²) in [6.07, 6.45) is -0.267. The zero-order chi connectivity index (χ0) is 27.8. The number of nitrogens with one attached hydrogen (secondary N) is 1. The van der Waals surface area contributed by atoms with Crippen LogP contribution in [0.5, 0.6) is 0 Å². The molecule has 0 heterocycles. The van der Waals surface area contributed by atoms with Crippen molar-refractivity contribution in [2.45, 2.75) is 12.5 Å². The number of esters is 1. The van der Waals surface area contributed by atoms with Crippen LogP contribution in [0.1, 0.15) is 43.1 Å². The van der Waals surface area contributed by atoms with Crippen molar-refractivity contribution in [2.75, 3.05) is 11.9 Å². The van der Waals surface area contributed by atoms with Crippen molar-refractivity contribution in [3.8, 4) is 0 Å². The molecule has 0 unspecified atom stereocenters. The molecular formula is C31H23BrClNO5. The number of hydrogen-bond acceptors (Lipinski definition) is 6. The molecule has 196 valence electrons. The normalized spacial score (nSPS) is 11.3. The molecule has 0 saturated carbocycles. The molecule has 4 rings (SSSR count). The van der Waals surface area contributed by atoms with Gasteiger partial charge in [0.15, 0.2) is 24.0 Å². The third-order valence-corrected chi connectivity index (χ3v) is 6.64. The fourth-order valence-electron chi connectivity index (χ4n) is 3.84. The van der Waals surface area contributed by atoms with Crippen LogP contribution in [-0.4, -0.2) is 36.0 Å². The Bertz CT molecular complexity index is 1490. The summed E-state index contributed by atoms with van der Waals surface area (Å²) < 4.78 is 6.15. The van der Waals surface area contributed by atoms with E-state index in [-0.39, 0.29) is 23.6 Å². The van der Waals surface area contributed by atoms with Crippen LogP contribution in [0.4, 0.5) is 5.69 Å². The molecule has 0 fully saturated rings. The second-order valence-electron chi connectivity index (χ2n) is 8.61. The molecule has 8 heteroatoms. The van der Waals surface area contributed by atoms with Gasteiger partial charge in [-0.1, -0.05) is 100 Å². The Balaban J connectivity index is 1.59. The number of rotatable bonds is 11. The number of hydrogen-bond donors (Lipinski definition) is 1. The van der Waals surface area contributed by atoms with E-state index in [1.807, 2.05) is 0 Å².